The van der Waals surface area contributed by atoms with Gasteiger partial charge in [-0.15, -0.1) is 0 Å². The van der Waals surface area contributed by atoms with E-state index in [4.69, 9.17) is 0 Å². The van der Waals surface area contributed by atoms with Crippen LogP contribution in [0.1, 0.15) is 38.5 Å². The second-order valence-electron chi connectivity index (χ2n) is 5.94. The monoisotopic (exact) mass is 412 g/mol. The quantitative estimate of drug-likeness (QED) is 0.383. The highest BCUT2D eigenvalue weighted by Crippen LogP contribution is 2.21. The topological polar surface area (TPSA) is 107 Å². The number of phenols is 1. The van der Waals surface area contributed by atoms with Crippen molar-refractivity contribution in [2.75, 3.05) is 17.4 Å². The number of amides is 1. The number of carbonyl (C=O) groups excluding carboxylic acids is 1. The molecule has 11 heteroatoms. The van der Waals surface area contributed by atoms with Gasteiger partial charge in [0, 0.05) is 13.1 Å². The van der Waals surface area contributed by atoms with E-state index in [1.807, 2.05) is 0 Å². The Hall–Kier alpha value is -2.01. The summed E-state index contributed by atoms with van der Waals surface area (Å²) in [6.07, 6.45) is -1.19. The molecular formula is C16H23F3N2O5S. The molecule has 154 valence electrons. The van der Waals surface area contributed by atoms with Gasteiger partial charge in [0.2, 0.25) is 0 Å². The molecular weight excluding hydrogens is 389 g/mol. The minimum absolute atomic E-state index is 0.0274. The Labute approximate surface area is 156 Å². The summed E-state index contributed by atoms with van der Waals surface area (Å²) in [5.74, 6) is -1.97. The molecule has 0 heterocycles. The standard InChI is InChI=1S/C16H23F3N2O5S/c17-16(18,19)15(23)20-11-5-3-1-2-4-6-12-21(27(24,25)26)13-7-9-14(22)10-8-13/h7-10,22H,1-6,11-12H2,(H,20,23)(H,24,25,26). The lowest BCUT2D eigenvalue weighted by atomic mass is 10.1. The van der Waals surface area contributed by atoms with Crippen molar-refractivity contribution in [2.24, 2.45) is 0 Å². The van der Waals surface area contributed by atoms with E-state index in [9.17, 15) is 36.0 Å². The summed E-state index contributed by atoms with van der Waals surface area (Å²) < 4.78 is 69.0. The van der Waals surface area contributed by atoms with Gasteiger partial charge in [-0.2, -0.15) is 21.6 Å². The van der Waals surface area contributed by atoms with Crippen molar-refractivity contribution in [1.82, 2.24) is 5.32 Å². The molecule has 0 unspecified atom stereocenters. The number of nitrogens with one attached hydrogen (secondary N) is 1. The van der Waals surface area contributed by atoms with Crippen LogP contribution in [-0.4, -0.2) is 43.3 Å². The van der Waals surface area contributed by atoms with E-state index in [1.165, 1.54) is 24.3 Å². The number of benzene rings is 1. The number of hydrogen-bond donors (Lipinski definition) is 3. The smallest absolute Gasteiger partial charge is 0.471 e. The van der Waals surface area contributed by atoms with Gasteiger partial charge in [0.25, 0.3) is 0 Å². The molecule has 0 aliphatic heterocycles. The second kappa shape index (κ2) is 10.4. The van der Waals surface area contributed by atoms with E-state index in [1.54, 1.807) is 5.32 Å². The van der Waals surface area contributed by atoms with Crippen molar-refractivity contribution in [1.29, 1.82) is 0 Å². The van der Waals surface area contributed by atoms with Crippen LogP contribution < -0.4 is 9.62 Å². The van der Waals surface area contributed by atoms with Gasteiger partial charge >= 0.3 is 22.4 Å². The first-order valence-corrected chi connectivity index (χ1v) is 9.80. The van der Waals surface area contributed by atoms with Crippen molar-refractivity contribution in [2.45, 2.75) is 44.7 Å². The van der Waals surface area contributed by atoms with Gasteiger partial charge in [0.15, 0.2) is 0 Å². The highest BCUT2D eigenvalue weighted by atomic mass is 32.2. The third-order valence-electron chi connectivity index (χ3n) is 3.75. The SMILES string of the molecule is O=C(NCCCCCCCCN(c1ccc(O)cc1)S(=O)(=O)O)C(F)(F)F. The Balaban J connectivity index is 2.24. The second-order valence-corrected chi connectivity index (χ2v) is 7.28. The number of alkyl halides is 3. The van der Waals surface area contributed by atoms with E-state index in [0.29, 0.717) is 25.7 Å². The molecule has 0 atom stereocenters. The number of halogens is 3. The predicted molar refractivity (Wildman–Crippen MR) is 93.8 cm³/mol. The molecule has 3 N–H and O–H groups in total. The predicted octanol–water partition coefficient (Wildman–Crippen LogP) is 3.02. The molecule has 1 aromatic rings. The van der Waals surface area contributed by atoms with Crippen LogP contribution >= 0.6 is 0 Å². The zero-order valence-corrected chi connectivity index (χ0v) is 15.4. The Bertz CT molecular complexity index is 693. The maximum atomic E-state index is 12.0. The van der Waals surface area contributed by atoms with Crippen LogP contribution in [0.5, 0.6) is 5.75 Å². The van der Waals surface area contributed by atoms with Gasteiger partial charge in [-0.1, -0.05) is 25.7 Å². The van der Waals surface area contributed by atoms with Gasteiger partial charge in [-0.05, 0) is 37.1 Å². The van der Waals surface area contributed by atoms with Crippen molar-refractivity contribution in [3.63, 3.8) is 0 Å². The van der Waals surface area contributed by atoms with Crippen molar-refractivity contribution >= 4 is 21.9 Å². The Kier molecular flexibility index (Phi) is 8.83. The Morgan fingerprint density at radius 3 is 2.04 bits per heavy atom. The number of rotatable bonds is 11. The van der Waals surface area contributed by atoms with Crippen LogP contribution in [0.4, 0.5) is 18.9 Å². The molecule has 27 heavy (non-hydrogen) atoms. The van der Waals surface area contributed by atoms with Crippen LogP contribution in [0, 0.1) is 0 Å². The van der Waals surface area contributed by atoms with E-state index in [-0.39, 0.29) is 24.5 Å². The van der Waals surface area contributed by atoms with E-state index in [0.717, 1.165) is 17.1 Å². The summed E-state index contributed by atoms with van der Waals surface area (Å²) in [5.41, 5.74) is 0.232. The molecule has 0 bridgehead atoms. The maximum Gasteiger partial charge on any atom is 0.471 e. The zero-order valence-electron chi connectivity index (χ0n) is 14.6. The van der Waals surface area contributed by atoms with E-state index in [2.05, 4.69) is 0 Å². The first-order chi connectivity index (χ1) is 12.5. The molecule has 0 spiro atoms. The molecule has 0 fully saturated rings. The third-order valence-corrected chi connectivity index (χ3v) is 4.70. The van der Waals surface area contributed by atoms with Crippen molar-refractivity contribution in [3.05, 3.63) is 24.3 Å². The summed E-state index contributed by atoms with van der Waals surface area (Å²) in [4.78, 5) is 10.6. The first kappa shape index (κ1) is 23.0. The number of carbonyl (C=O) groups is 1. The van der Waals surface area contributed by atoms with Gasteiger partial charge in [0.05, 0.1) is 5.69 Å². The fourth-order valence-corrected chi connectivity index (χ4v) is 3.13. The van der Waals surface area contributed by atoms with Gasteiger partial charge in [-0.3, -0.25) is 9.35 Å². The first-order valence-electron chi connectivity index (χ1n) is 8.41. The molecule has 7 nitrogen and oxygen atoms in total. The minimum Gasteiger partial charge on any atom is -0.508 e. The Morgan fingerprint density at radius 1 is 1.00 bits per heavy atom. The molecule has 0 radical (unpaired) electrons. The highest BCUT2D eigenvalue weighted by molar-refractivity contribution is 7.87. The third kappa shape index (κ3) is 8.96. The van der Waals surface area contributed by atoms with Gasteiger partial charge in [-0.25, -0.2) is 4.31 Å². The van der Waals surface area contributed by atoms with Crippen molar-refractivity contribution in [3.8, 4) is 5.75 Å². The summed E-state index contributed by atoms with van der Waals surface area (Å²) >= 11 is 0. The fraction of sp³-hybridized carbons (Fsp3) is 0.562. The molecule has 1 amide bonds. The van der Waals surface area contributed by atoms with E-state index < -0.39 is 22.4 Å². The van der Waals surface area contributed by atoms with E-state index >= 15 is 0 Å². The number of anilines is 1. The number of phenolic OH excluding ortho intramolecular Hbond substituents is 1. The molecule has 0 aliphatic carbocycles. The summed E-state index contributed by atoms with van der Waals surface area (Å²) in [5, 5.41) is 11.0. The van der Waals surface area contributed by atoms with Crippen LogP contribution in [-0.2, 0) is 15.1 Å². The Morgan fingerprint density at radius 2 is 1.52 bits per heavy atom. The largest absolute Gasteiger partial charge is 0.508 e. The molecule has 1 aromatic carbocycles. The summed E-state index contributed by atoms with van der Waals surface area (Å²) in [6, 6.07) is 5.37. The summed E-state index contributed by atoms with van der Waals surface area (Å²) in [7, 11) is -4.44. The molecule has 1 rings (SSSR count). The number of unbranched alkanes of at least 4 members (excludes halogenated alkanes) is 5. The fourth-order valence-electron chi connectivity index (χ4n) is 2.39. The number of nitrogens with zero attached hydrogens (tertiary/aromatic N) is 1. The zero-order chi connectivity index (χ0) is 20.5. The lowest BCUT2D eigenvalue weighted by molar-refractivity contribution is -0.173. The van der Waals surface area contributed by atoms with Crippen LogP contribution in [0.2, 0.25) is 0 Å². The molecule has 0 saturated carbocycles. The average molecular weight is 412 g/mol. The van der Waals surface area contributed by atoms with Gasteiger partial charge in [0.1, 0.15) is 5.75 Å². The normalized spacial score (nSPS) is 12.0. The number of aromatic hydroxyl groups is 1. The molecule has 0 aliphatic rings. The van der Waals surface area contributed by atoms with Crippen LogP contribution in [0.3, 0.4) is 0 Å². The number of hydrogen-bond acceptors (Lipinski definition) is 4. The maximum absolute atomic E-state index is 12.0. The summed E-state index contributed by atoms with van der Waals surface area (Å²) in [6.45, 7) is 0.0149. The lowest BCUT2D eigenvalue weighted by Crippen LogP contribution is -2.37. The average Bonchev–Trinajstić information content (AvgIpc) is 2.55. The van der Waals surface area contributed by atoms with Crippen LogP contribution in [0.25, 0.3) is 0 Å². The van der Waals surface area contributed by atoms with Crippen LogP contribution in [0.15, 0.2) is 24.3 Å². The highest BCUT2D eigenvalue weighted by Gasteiger charge is 2.38. The van der Waals surface area contributed by atoms with Gasteiger partial charge < -0.3 is 10.4 Å². The molecule has 0 aromatic heterocycles. The minimum atomic E-state index is -4.86. The van der Waals surface area contributed by atoms with Crippen molar-refractivity contribution < 1.29 is 36.0 Å². The molecule has 0 saturated heterocycles. The lowest BCUT2D eigenvalue weighted by Gasteiger charge is -2.20.